The van der Waals surface area contributed by atoms with Crippen molar-refractivity contribution in [1.29, 1.82) is 0 Å². The van der Waals surface area contributed by atoms with Crippen LogP contribution in [0.4, 0.5) is 18.9 Å². The Labute approximate surface area is 238 Å². The Balaban J connectivity index is 1.80. The molecule has 2 aliphatic heterocycles. The van der Waals surface area contributed by atoms with Gasteiger partial charge < -0.3 is 15.4 Å². The van der Waals surface area contributed by atoms with Crippen molar-refractivity contribution in [3.63, 3.8) is 0 Å². The highest BCUT2D eigenvalue weighted by Crippen LogP contribution is 2.59. The number of piperidine rings is 1. The number of halogens is 7. The first-order valence-electron chi connectivity index (χ1n) is 11.2. The summed E-state index contributed by atoms with van der Waals surface area (Å²) in [5.74, 6) is -1.98. The van der Waals surface area contributed by atoms with Gasteiger partial charge >= 0.3 is 6.18 Å². The molecule has 0 aromatic heterocycles. The number of alkyl halides is 3. The lowest BCUT2D eigenvalue weighted by Gasteiger charge is -2.46. The monoisotopic (exact) mass is 646 g/mol. The maximum absolute atomic E-state index is 14.1. The van der Waals surface area contributed by atoms with Crippen LogP contribution in [-0.4, -0.2) is 24.6 Å². The van der Waals surface area contributed by atoms with E-state index in [1.807, 2.05) is 0 Å². The van der Waals surface area contributed by atoms with Crippen LogP contribution >= 0.6 is 50.7 Å². The fourth-order valence-electron chi connectivity index (χ4n) is 5.34. The third-order valence-electron chi connectivity index (χ3n) is 6.76. The molecular formula is C26H17BrCl3F3N2O3. The van der Waals surface area contributed by atoms with Crippen LogP contribution in [0.3, 0.4) is 0 Å². The fraction of sp³-hybridized carbons (Fsp3) is 0.231. The molecule has 198 valence electrons. The van der Waals surface area contributed by atoms with Gasteiger partial charge in [0.2, 0.25) is 11.8 Å². The van der Waals surface area contributed by atoms with E-state index in [0.717, 1.165) is 0 Å². The molecule has 3 aromatic carbocycles. The third kappa shape index (κ3) is 4.74. The van der Waals surface area contributed by atoms with Crippen molar-refractivity contribution in [2.24, 2.45) is 0 Å². The molecule has 5 rings (SSSR count). The predicted octanol–water partition coefficient (Wildman–Crippen LogP) is 7.59. The van der Waals surface area contributed by atoms with Crippen LogP contribution in [0, 0.1) is 0 Å². The molecule has 2 aliphatic rings. The summed E-state index contributed by atoms with van der Waals surface area (Å²) >= 11 is 22.4. The van der Waals surface area contributed by atoms with Crippen LogP contribution in [0.2, 0.25) is 15.1 Å². The highest BCUT2D eigenvalue weighted by Gasteiger charge is 2.62. The second kappa shape index (κ2) is 9.93. The van der Waals surface area contributed by atoms with E-state index in [2.05, 4.69) is 26.6 Å². The summed E-state index contributed by atoms with van der Waals surface area (Å²) in [6, 6.07) is 13.0. The summed E-state index contributed by atoms with van der Waals surface area (Å²) in [5, 5.41) is 6.69. The molecular weight excluding hydrogens is 632 g/mol. The average molecular weight is 649 g/mol. The van der Waals surface area contributed by atoms with Gasteiger partial charge in [0.05, 0.1) is 6.04 Å². The zero-order valence-corrected chi connectivity index (χ0v) is 23.0. The maximum atomic E-state index is 14.1. The Morgan fingerprint density at radius 3 is 2.42 bits per heavy atom. The molecule has 1 spiro atoms. The maximum Gasteiger partial charge on any atom is 0.422 e. The fourth-order valence-corrected chi connectivity index (χ4v) is 6.30. The van der Waals surface area contributed by atoms with Crippen molar-refractivity contribution in [1.82, 2.24) is 5.32 Å². The smallest absolute Gasteiger partial charge is 0.422 e. The molecule has 12 heteroatoms. The molecule has 3 aromatic rings. The molecule has 0 saturated carbocycles. The normalized spacial score (nSPS) is 22.7. The first-order chi connectivity index (χ1) is 17.9. The average Bonchev–Trinajstić information content (AvgIpc) is 3.11. The number of hydrogen-bond donors (Lipinski definition) is 2. The number of rotatable bonds is 4. The second-order valence-electron chi connectivity index (χ2n) is 9.02. The first-order valence-corrected chi connectivity index (χ1v) is 13.2. The topological polar surface area (TPSA) is 67.4 Å². The molecule has 38 heavy (non-hydrogen) atoms. The van der Waals surface area contributed by atoms with Crippen molar-refractivity contribution in [3.8, 4) is 5.75 Å². The minimum absolute atomic E-state index is 0.101. The first kappa shape index (κ1) is 27.1. The van der Waals surface area contributed by atoms with E-state index < -0.39 is 42.0 Å². The number of anilines is 1. The highest BCUT2D eigenvalue weighted by atomic mass is 79.9. The van der Waals surface area contributed by atoms with Crippen LogP contribution in [0.1, 0.15) is 35.1 Å². The van der Waals surface area contributed by atoms with Gasteiger partial charge in [-0.2, -0.15) is 13.2 Å². The van der Waals surface area contributed by atoms with Gasteiger partial charge in [0.25, 0.3) is 0 Å². The zero-order chi connectivity index (χ0) is 27.4. The largest absolute Gasteiger partial charge is 0.484 e. The van der Waals surface area contributed by atoms with Gasteiger partial charge in [-0.1, -0.05) is 56.8 Å². The highest BCUT2D eigenvalue weighted by molar-refractivity contribution is 9.10. The van der Waals surface area contributed by atoms with Crippen molar-refractivity contribution in [2.75, 3.05) is 11.9 Å². The predicted molar refractivity (Wildman–Crippen MR) is 142 cm³/mol. The molecule has 0 unspecified atom stereocenters. The number of benzene rings is 3. The Kier molecular flexibility index (Phi) is 7.09. The summed E-state index contributed by atoms with van der Waals surface area (Å²) in [4.78, 5) is 27.3. The molecule has 2 amide bonds. The Morgan fingerprint density at radius 1 is 0.974 bits per heavy atom. The zero-order valence-electron chi connectivity index (χ0n) is 19.1. The second-order valence-corrected chi connectivity index (χ2v) is 11.2. The van der Waals surface area contributed by atoms with Gasteiger partial charge in [0.1, 0.15) is 11.2 Å². The van der Waals surface area contributed by atoms with E-state index in [1.54, 1.807) is 42.5 Å². The Hall–Kier alpha value is -2.46. The number of nitrogens with one attached hydrogen (secondary N) is 2. The van der Waals surface area contributed by atoms with Crippen molar-refractivity contribution in [3.05, 3.63) is 90.8 Å². The van der Waals surface area contributed by atoms with Crippen molar-refractivity contribution >= 4 is 68.2 Å². The van der Waals surface area contributed by atoms with Gasteiger partial charge in [-0.05, 0) is 59.7 Å². The van der Waals surface area contributed by atoms with Crippen LogP contribution < -0.4 is 15.4 Å². The van der Waals surface area contributed by atoms with Gasteiger partial charge in [0.15, 0.2) is 6.61 Å². The van der Waals surface area contributed by atoms with Crippen molar-refractivity contribution < 1.29 is 27.5 Å². The summed E-state index contributed by atoms with van der Waals surface area (Å²) in [5.41, 5.74) is 0.000911. The van der Waals surface area contributed by atoms with E-state index in [-0.39, 0.29) is 22.8 Å². The van der Waals surface area contributed by atoms with Gasteiger partial charge in [-0.25, -0.2) is 0 Å². The minimum atomic E-state index is -4.60. The van der Waals surface area contributed by atoms with Crippen LogP contribution in [0.5, 0.6) is 5.75 Å². The number of ether oxygens (including phenoxy) is 1. The number of hydrogen-bond acceptors (Lipinski definition) is 3. The lowest BCUT2D eigenvalue weighted by molar-refractivity contribution is -0.153. The van der Waals surface area contributed by atoms with Gasteiger partial charge in [0, 0.05) is 43.1 Å². The number of carbonyl (C=O) groups excluding carboxylic acids is 2. The van der Waals surface area contributed by atoms with E-state index >= 15 is 0 Å². The molecule has 0 bridgehead atoms. The van der Waals surface area contributed by atoms with Gasteiger partial charge in [-0.3, -0.25) is 9.59 Å². The van der Waals surface area contributed by atoms with E-state index in [9.17, 15) is 22.8 Å². The molecule has 3 atom stereocenters. The summed E-state index contributed by atoms with van der Waals surface area (Å²) in [6.45, 7) is -1.55. The third-order valence-corrected chi connectivity index (χ3v) is 8.07. The lowest BCUT2D eigenvalue weighted by atomic mass is 9.59. The SMILES string of the molecule is O=C1C[C@H](c2cc(Br)ccc2OCC(F)(F)F)[C@@]2(C(=O)Nc3cc(Cl)ccc32)[C@H](c2cc(Cl)ccc2Cl)N1. The minimum Gasteiger partial charge on any atom is -0.484 e. The number of fused-ring (bicyclic) bond motifs is 2. The standard InChI is InChI=1S/C26H17BrCl3F3N2O3/c27-12-1-6-21(38-11-25(31,32)33)15(7-12)18-10-22(36)35-23(16-8-13(28)3-5-19(16)30)26(18)17-4-2-14(29)9-20(17)34-24(26)37/h1-9,18,23H,10-11H2,(H,34,37)(H,35,36)/t18-,23+,26-/m1/s1. The molecule has 2 heterocycles. The van der Waals surface area contributed by atoms with E-state index in [4.69, 9.17) is 39.5 Å². The molecule has 1 fully saturated rings. The van der Waals surface area contributed by atoms with Crippen molar-refractivity contribution in [2.45, 2.75) is 30.0 Å². The van der Waals surface area contributed by atoms with E-state index in [0.29, 0.717) is 31.3 Å². The Bertz CT molecular complexity index is 1470. The van der Waals surface area contributed by atoms with E-state index in [1.165, 1.54) is 12.1 Å². The van der Waals surface area contributed by atoms with Crippen LogP contribution in [0.25, 0.3) is 0 Å². The number of amides is 2. The number of carbonyl (C=O) groups is 2. The molecule has 0 radical (unpaired) electrons. The summed E-state index contributed by atoms with van der Waals surface area (Å²) in [6.07, 6.45) is -4.82. The quantitative estimate of drug-likeness (QED) is 0.307. The molecule has 1 saturated heterocycles. The van der Waals surface area contributed by atoms with Crippen LogP contribution in [-0.2, 0) is 15.0 Å². The van der Waals surface area contributed by atoms with Crippen LogP contribution in [0.15, 0.2) is 59.1 Å². The summed E-state index contributed by atoms with van der Waals surface area (Å²) in [7, 11) is 0. The molecule has 5 nitrogen and oxygen atoms in total. The molecule has 2 N–H and O–H groups in total. The summed E-state index contributed by atoms with van der Waals surface area (Å²) < 4.78 is 45.1. The Morgan fingerprint density at radius 2 is 1.68 bits per heavy atom. The lowest BCUT2D eigenvalue weighted by Crippen LogP contribution is -2.57. The van der Waals surface area contributed by atoms with Gasteiger partial charge in [-0.15, -0.1) is 0 Å². The molecule has 0 aliphatic carbocycles.